The zero-order valence-electron chi connectivity index (χ0n) is 15.0. The van der Waals surface area contributed by atoms with E-state index in [1.165, 1.54) is 16.7 Å². The molecule has 1 heterocycles. The first-order chi connectivity index (χ1) is 12.5. The highest BCUT2D eigenvalue weighted by Crippen LogP contribution is 2.54. The highest BCUT2D eigenvalue weighted by atomic mass is 35.5. The molecule has 2 fully saturated rings. The Morgan fingerprint density at radius 1 is 1.00 bits per heavy atom. The average molecular weight is 388 g/mol. The van der Waals surface area contributed by atoms with Crippen LogP contribution in [0.2, 0.25) is 10.0 Å². The van der Waals surface area contributed by atoms with Gasteiger partial charge in [-0.25, -0.2) is 0 Å². The Kier molecular flexibility index (Phi) is 4.75. The van der Waals surface area contributed by atoms with Crippen LogP contribution in [-0.4, -0.2) is 12.5 Å². The fourth-order valence-electron chi connectivity index (χ4n) is 5.22. The van der Waals surface area contributed by atoms with Crippen molar-refractivity contribution in [3.8, 4) is 0 Å². The van der Waals surface area contributed by atoms with Crippen molar-refractivity contribution in [1.29, 1.82) is 0 Å². The Hall–Kier alpha value is -1.51. The molecule has 4 rings (SSSR count). The molecule has 136 valence electrons. The second-order valence-electron chi connectivity index (χ2n) is 7.83. The maximum atomic E-state index is 12.5. The molecule has 4 heteroatoms. The summed E-state index contributed by atoms with van der Waals surface area (Å²) in [5.74, 6) is 1.66. The number of amides is 1. The molecule has 2 nitrogen and oxygen atoms in total. The van der Waals surface area contributed by atoms with E-state index < -0.39 is 0 Å². The Morgan fingerprint density at radius 2 is 1.69 bits per heavy atom. The molecule has 1 N–H and O–H groups in total. The van der Waals surface area contributed by atoms with Crippen molar-refractivity contribution >= 4 is 29.1 Å². The first-order valence-corrected chi connectivity index (χ1v) is 10.0. The molecule has 26 heavy (non-hydrogen) atoms. The minimum Gasteiger partial charge on any atom is -0.356 e. The number of aryl methyl sites for hydroxylation is 1. The van der Waals surface area contributed by atoms with Gasteiger partial charge in [0.2, 0.25) is 5.91 Å². The summed E-state index contributed by atoms with van der Waals surface area (Å²) < 4.78 is 0. The molecule has 0 spiro atoms. The van der Waals surface area contributed by atoms with Crippen LogP contribution in [0.25, 0.3) is 0 Å². The second kappa shape index (κ2) is 6.90. The predicted octanol–water partition coefficient (Wildman–Crippen LogP) is 5.57. The van der Waals surface area contributed by atoms with E-state index in [1.54, 1.807) is 0 Å². The molecule has 1 amide bonds. The van der Waals surface area contributed by atoms with E-state index in [9.17, 15) is 4.79 Å². The number of fused-ring (bicyclic) bond motifs is 1. The molecule has 2 aromatic carbocycles. The Labute approximate surface area is 164 Å². The van der Waals surface area contributed by atoms with Gasteiger partial charge in [-0.3, -0.25) is 4.79 Å². The van der Waals surface area contributed by atoms with E-state index in [0.717, 1.165) is 23.0 Å². The summed E-state index contributed by atoms with van der Waals surface area (Å²) in [5, 5.41) is 4.63. The van der Waals surface area contributed by atoms with Crippen LogP contribution in [-0.2, 0) is 4.79 Å². The molecule has 5 unspecified atom stereocenters. The molecule has 2 aliphatic rings. The van der Waals surface area contributed by atoms with Gasteiger partial charge in [0.15, 0.2) is 0 Å². The molecule has 0 bridgehead atoms. The normalized spacial score (nSPS) is 30.8. The quantitative estimate of drug-likeness (QED) is 0.716. The molecule has 1 aliphatic carbocycles. The Morgan fingerprint density at radius 3 is 2.38 bits per heavy atom. The SMILES string of the molecule is Cc1cc(Cl)ccc1C1CC(C)C2C(=O)NCC2C1c1ccc(Cl)cc1. The van der Waals surface area contributed by atoms with Gasteiger partial charge in [-0.15, -0.1) is 0 Å². The minimum atomic E-state index is 0.0968. The molecular formula is C22H23Cl2NO. The van der Waals surface area contributed by atoms with E-state index in [4.69, 9.17) is 23.2 Å². The van der Waals surface area contributed by atoms with Crippen LogP contribution in [0.1, 0.15) is 41.9 Å². The van der Waals surface area contributed by atoms with Gasteiger partial charge in [-0.05, 0) is 78.0 Å². The van der Waals surface area contributed by atoms with Crippen molar-refractivity contribution in [2.45, 2.75) is 32.1 Å². The first kappa shape index (κ1) is 17.9. The van der Waals surface area contributed by atoms with Gasteiger partial charge >= 0.3 is 0 Å². The molecule has 1 aliphatic heterocycles. The predicted molar refractivity (Wildman–Crippen MR) is 107 cm³/mol. The van der Waals surface area contributed by atoms with Crippen LogP contribution < -0.4 is 5.32 Å². The fraction of sp³-hybridized carbons (Fsp3) is 0.409. The highest BCUT2D eigenvalue weighted by Gasteiger charge is 2.50. The molecule has 1 saturated heterocycles. The number of carbonyl (C=O) groups is 1. The smallest absolute Gasteiger partial charge is 0.223 e. The average Bonchev–Trinajstić information content (AvgIpc) is 2.98. The largest absolute Gasteiger partial charge is 0.356 e. The van der Waals surface area contributed by atoms with Gasteiger partial charge < -0.3 is 5.32 Å². The molecule has 0 aromatic heterocycles. The number of carbonyl (C=O) groups excluding carboxylic acids is 1. The standard InChI is InChI=1S/C22H23Cl2NO/c1-12-9-16(24)7-8-17(12)18-10-13(2)20-19(11-25-22(20)26)21(18)14-3-5-15(23)6-4-14/h3-9,13,18-21H,10-11H2,1-2H3,(H,25,26). The summed E-state index contributed by atoms with van der Waals surface area (Å²) in [6.45, 7) is 5.11. The third-order valence-corrected chi connectivity index (χ3v) is 6.78. The van der Waals surface area contributed by atoms with Crippen molar-refractivity contribution in [2.75, 3.05) is 6.54 Å². The summed E-state index contributed by atoms with van der Waals surface area (Å²) >= 11 is 12.3. The van der Waals surface area contributed by atoms with Crippen molar-refractivity contribution in [3.63, 3.8) is 0 Å². The molecular weight excluding hydrogens is 365 g/mol. The third kappa shape index (κ3) is 3.04. The highest BCUT2D eigenvalue weighted by molar-refractivity contribution is 6.30. The molecule has 2 aromatic rings. The van der Waals surface area contributed by atoms with Crippen LogP contribution in [0.4, 0.5) is 0 Å². The summed E-state index contributed by atoms with van der Waals surface area (Å²) in [5.41, 5.74) is 3.84. The number of nitrogens with one attached hydrogen (secondary N) is 1. The van der Waals surface area contributed by atoms with Crippen LogP contribution >= 0.6 is 23.2 Å². The number of halogens is 2. The van der Waals surface area contributed by atoms with Gasteiger partial charge in [-0.2, -0.15) is 0 Å². The van der Waals surface area contributed by atoms with Gasteiger partial charge in [0.1, 0.15) is 0 Å². The van der Waals surface area contributed by atoms with Crippen LogP contribution in [0.15, 0.2) is 42.5 Å². The maximum absolute atomic E-state index is 12.5. The van der Waals surface area contributed by atoms with Gasteiger partial charge in [-0.1, -0.05) is 48.3 Å². The lowest BCUT2D eigenvalue weighted by Crippen LogP contribution is -2.37. The van der Waals surface area contributed by atoms with Crippen molar-refractivity contribution in [1.82, 2.24) is 5.32 Å². The third-order valence-electron chi connectivity index (χ3n) is 6.30. The summed E-state index contributed by atoms with van der Waals surface area (Å²) in [6.07, 6.45) is 1.00. The number of rotatable bonds is 2. The van der Waals surface area contributed by atoms with E-state index in [-0.39, 0.29) is 11.8 Å². The van der Waals surface area contributed by atoms with E-state index in [0.29, 0.717) is 23.7 Å². The van der Waals surface area contributed by atoms with Crippen LogP contribution in [0.3, 0.4) is 0 Å². The van der Waals surface area contributed by atoms with Gasteiger partial charge in [0.25, 0.3) is 0 Å². The maximum Gasteiger partial charge on any atom is 0.223 e. The molecule has 0 radical (unpaired) electrons. The van der Waals surface area contributed by atoms with Crippen LogP contribution in [0, 0.1) is 24.7 Å². The first-order valence-electron chi connectivity index (χ1n) is 9.25. The minimum absolute atomic E-state index is 0.0968. The van der Waals surface area contributed by atoms with E-state index >= 15 is 0 Å². The Balaban J connectivity index is 1.82. The number of hydrogen-bond donors (Lipinski definition) is 1. The van der Waals surface area contributed by atoms with Crippen molar-refractivity contribution < 1.29 is 4.79 Å². The van der Waals surface area contributed by atoms with Gasteiger partial charge in [0.05, 0.1) is 0 Å². The van der Waals surface area contributed by atoms with Crippen molar-refractivity contribution in [2.24, 2.45) is 17.8 Å². The van der Waals surface area contributed by atoms with Crippen LogP contribution in [0.5, 0.6) is 0 Å². The van der Waals surface area contributed by atoms with E-state index in [2.05, 4.69) is 37.4 Å². The summed E-state index contributed by atoms with van der Waals surface area (Å²) in [4.78, 5) is 12.5. The molecule has 1 saturated carbocycles. The topological polar surface area (TPSA) is 29.1 Å². The van der Waals surface area contributed by atoms with Crippen molar-refractivity contribution in [3.05, 3.63) is 69.2 Å². The zero-order valence-corrected chi connectivity index (χ0v) is 16.5. The number of hydrogen-bond acceptors (Lipinski definition) is 1. The summed E-state index contributed by atoms with van der Waals surface area (Å²) in [6, 6.07) is 14.4. The number of benzene rings is 2. The zero-order chi connectivity index (χ0) is 18.4. The second-order valence-corrected chi connectivity index (χ2v) is 8.71. The molecule has 5 atom stereocenters. The summed E-state index contributed by atoms with van der Waals surface area (Å²) in [7, 11) is 0. The lowest BCUT2D eigenvalue weighted by molar-refractivity contribution is -0.125. The Bertz CT molecular complexity index is 833. The lowest BCUT2D eigenvalue weighted by Gasteiger charge is -2.43. The fourth-order valence-corrected chi connectivity index (χ4v) is 5.57. The van der Waals surface area contributed by atoms with E-state index in [1.807, 2.05) is 24.3 Å². The van der Waals surface area contributed by atoms with Gasteiger partial charge in [0, 0.05) is 22.5 Å². The monoisotopic (exact) mass is 387 g/mol. The lowest BCUT2D eigenvalue weighted by atomic mass is 9.59.